The third kappa shape index (κ3) is 1.58. The first-order valence-corrected chi connectivity index (χ1v) is 7.16. The van der Waals surface area contributed by atoms with E-state index in [0.717, 1.165) is 12.3 Å². The summed E-state index contributed by atoms with van der Waals surface area (Å²) in [6.07, 6.45) is 7.24. The minimum absolute atomic E-state index is 1.09. The van der Waals surface area contributed by atoms with Crippen molar-refractivity contribution in [2.24, 2.45) is 0 Å². The molecule has 0 radical (unpaired) electrons. The fourth-order valence-corrected chi connectivity index (χ4v) is 3.66. The largest absolute Gasteiger partial charge is 0.358 e. The molecule has 2 aliphatic heterocycles. The first-order chi connectivity index (χ1) is 7.90. The van der Waals surface area contributed by atoms with Crippen molar-refractivity contribution in [1.82, 2.24) is 4.57 Å². The molecule has 3 heterocycles. The van der Waals surface area contributed by atoms with E-state index in [1.165, 1.54) is 42.3 Å². The Morgan fingerprint density at radius 3 is 2.88 bits per heavy atom. The number of hydrogen-bond acceptors (Lipinski definition) is 2. The number of rotatable bonds is 2. The number of thioether (sulfide) groups is 1. The fraction of sp³-hybridized carbons (Fsp3) is 0.538. The Labute approximate surface area is 101 Å². The van der Waals surface area contributed by atoms with Gasteiger partial charge in [0.1, 0.15) is 5.82 Å². The first kappa shape index (κ1) is 10.3. The zero-order valence-corrected chi connectivity index (χ0v) is 10.6. The minimum Gasteiger partial charge on any atom is -0.358 e. The summed E-state index contributed by atoms with van der Waals surface area (Å²) in [5.41, 5.74) is 1.42. The van der Waals surface area contributed by atoms with Gasteiger partial charge in [0.05, 0.1) is 5.03 Å². The van der Waals surface area contributed by atoms with Gasteiger partial charge in [0.15, 0.2) is 0 Å². The number of nitrogens with zero attached hydrogens (tertiary/aromatic N) is 2. The zero-order valence-electron chi connectivity index (χ0n) is 9.78. The van der Waals surface area contributed by atoms with Crippen molar-refractivity contribution in [2.75, 3.05) is 23.7 Å². The fourth-order valence-electron chi connectivity index (χ4n) is 2.64. The van der Waals surface area contributed by atoms with Crippen molar-refractivity contribution in [3.05, 3.63) is 17.7 Å². The first-order valence-electron chi connectivity index (χ1n) is 6.18. The smallest absolute Gasteiger partial charge is 0.109 e. The third-order valence-corrected chi connectivity index (χ3v) is 4.50. The summed E-state index contributed by atoms with van der Waals surface area (Å²) in [6, 6.07) is 2.37. The van der Waals surface area contributed by atoms with Crippen molar-refractivity contribution in [3.8, 4) is 0 Å². The Morgan fingerprint density at radius 1 is 1.31 bits per heavy atom. The van der Waals surface area contributed by atoms with E-state index in [9.17, 15) is 0 Å². The maximum Gasteiger partial charge on any atom is 0.109 e. The third-order valence-electron chi connectivity index (χ3n) is 3.41. The summed E-state index contributed by atoms with van der Waals surface area (Å²) >= 11 is 1.97. The van der Waals surface area contributed by atoms with Gasteiger partial charge in [0.2, 0.25) is 0 Å². The highest BCUT2D eigenvalue weighted by Crippen LogP contribution is 2.36. The Balaban J connectivity index is 2.03. The second kappa shape index (κ2) is 4.21. The Bertz CT molecular complexity index is 414. The highest BCUT2D eigenvalue weighted by atomic mass is 32.2. The zero-order chi connectivity index (χ0) is 11.0. The van der Waals surface area contributed by atoms with Crippen molar-refractivity contribution < 1.29 is 0 Å². The predicted octanol–water partition coefficient (Wildman–Crippen LogP) is 3.23. The quantitative estimate of drug-likeness (QED) is 0.776. The van der Waals surface area contributed by atoms with Gasteiger partial charge < -0.3 is 9.47 Å². The molecule has 0 amide bonds. The van der Waals surface area contributed by atoms with E-state index in [2.05, 4.69) is 34.6 Å². The maximum atomic E-state index is 2.54. The topological polar surface area (TPSA) is 8.17 Å². The van der Waals surface area contributed by atoms with Gasteiger partial charge >= 0.3 is 0 Å². The molecule has 2 aliphatic rings. The molecule has 0 bridgehead atoms. The van der Waals surface area contributed by atoms with E-state index in [1.54, 1.807) is 0 Å². The standard InChI is InChI=1S/C13H18N2S/c1-2-15-12(14-7-3-4-8-14)10-11-6-5-9-16-13(11)15/h5-6,10H,2-4,7-9H2,1H3. The summed E-state index contributed by atoms with van der Waals surface area (Å²) in [7, 11) is 0. The van der Waals surface area contributed by atoms with Gasteiger partial charge in [-0.05, 0) is 25.8 Å². The molecule has 2 nitrogen and oxygen atoms in total. The molecule has 0 spiro atoms. The molecular weight excluding hydrogens is 216 g/mol. The van der Waals surface area contributed by atoms with E-state index in [4.69, 9.17) is 0 Å². The van der Waals surface area contributed by atoms with Crippen LogP contribution in [0.25, 0.3) is 6.08 Å². The van der Waals surface area contributed by atoms with Crippen LogP contribution in [0.4, 0.5) is 5.82 Å². The Morgan fingerprint density at radius 2 is 2.12 bits per heavy atom. The minimum atomic E-state index is 1.09. The summed E-state index contributed by atoms with van der Waals surface area (Å²) < 4.78 is 2.48. The van der Waals surface area contributed by atoms with Crippen LogP contribution < -0.4 is 4.90 Å². The van der Waals surface area contributed by atoms with E-state index in [-0.39, 0.29) is 0 Å². The summed E-state index contributed by atoms with van der Waals surface area (Å²) in [6.45, 7) is 5.80. The van der Waals surface area contributed by atoms with Crippen molar-refractivity contribution in [2.45, 2.75) is 31.3 Å². The monoisotopic (exact) mass is 234 g/mol. The lowest BCUT2D eigenvalue weighted by Crippen LogP contribution is -2.21. The Kier molecular flexibility index (Phi) is 2.72. The molecule has 1 fully saturated rings. The molecule has 0 aromatic carbocycles. The molecule has 0 saturated carbocycles. The van der Waals surface area contributed by atoms with Crippen LogP contribution in [0.3, 0.4) is 0 Å². The predicted molar refractivity (Wildman–Crippen MR) is 71.3 cm³/mol. The van der Waals surface area contributed by atoms with Crippen LogP contribution in [0.5, 0.6) is 0 Å². The lowest BCUT2D eigenvalue weighted by atomic mass is 10.3. The van der Waals surface area contributed by atoms with Crippen LogP contribution in [0, 0.1) is 0 Å². The van der Waals surface area contributed by atoms with E-state index in [0.29, 0.717) is 0 Å². The summed E-state index contributed by atoms with van der Waals surface area (Å²) in [5.74, 6) is 2.56. The molecule has 16 heavy (non-hydrogen) atoms. The molecule has 1 saturated heterocycles. The van der Waals surface area contributed by atoms with Gasteiger partial charge in [-0.1, -0.05) is 12.2 Å². The van der Waals surface area contributed by atoms with E-state index >= 15 is 0 Å². The molecule has 3 rings (SSSR count). The molecule has 0 unspecified atom stereocenters. The van der Waals surface area contributed by atoms with Gasteiger partial charge in [0.25, 0.3) is 0 Å². The van der Waals surface area contributed by atoms with Gasteiger partial charge in [-0.2, -0.15) is 0 Å². The lowest BCUT2D eigenvalue weighted by molar-refractivity contribution is 0.685. The van der Waals surface area contributed by atoms with Gasteiger partial charge in [-0.3, -0.25) is 0 Å². The molecule has 86 valence electrons. The van der Waals surface area contributed by atoms with E-state index in [1.807, 2.05) is 11.8 Å². The molecular formula is C13H18N2S. The van der Waals surface area contributed by atoms with Crippen molar-refractivity contribution in [1.29, 1.82) is 0 Å². The summed E-state index contributed by atoms with van der Waals surface area (Å²) in [4.78, 5) is 2.54. The van der Waals surface area contributed by atoms with Crippen molar-refractivity contribution in [3.63, 3.8) is 0 Å². The SMILES string of the molecule is CCn1c(N2CCCC2)cc2c1SCC=C2. The second-order valence-electron chi connectivity index (χ2n) is 4.41. The van der Waals surface area contributed by atoms with Crippen LogP contribution in [0.15, 0.2) is 17.2 Å². The van der Waals surface area contributed by atoms with Gasteiger partial charge in [-0.25, -0.2) is 0 Å². The van der Waals surface area contributed by atoms with Crippen molar-refractivity contribution >= 4 is 23.7 Å². The summed E-state index contributed by atoms with van der Waals surface area (Å²) in [5, 5.41) is 1.46. The van der Waals surface area contributed by atoms with Crippen LogP contribution in [0.1, 0.15) is 25.3 Å². The molecule has 1 aromatic heterocycles. The second-order valence-corrected chi connectivity index (χ2v) is 5.42. The number of fused-ring (bicyclic) bond motifs is 1. The molecule has 0 N–H and O–H groups in total. The molecule has 0 atom stereocenters. The van der Waals surface area contributed by atoms with Gasteiger partial charge in [-0.15, -0.1) is 11.8 Å². The average Bonchev–Trinajstić information content (AvgIpc) is 2.95. The maximum absolute atomic E-state index is 2.54. The number of hydrogen-bond donors (Lipinski definition) is 0. The van der Waals surface area contributed by atoms with Crippen LogP contribution in [0.2, 0.25) is 0 Å². The lowest BCUT2D eigenvalue weighted by Gasteiger charge is -2.20. The van der Waals surface area contributed by atoms with Gasteiger partial charge in [0, 0.05) is 31.0 Å². The average molecular weight is 234 g/mol. The highest BCUT2D eigenvalue weighted by Gasteiger charge is 2.21. The normalized spacial score (nSPS) is 19.2. The number of anilines is 1. The van der Waals surface area contributed by atoms with E-state index < -0.39 is 0 Å². The number of aromatic nitrogens is 1. The Hall–Kier alpha value is -0.830. The van der Waals surface area contributed by atoms with Crippen LogP contribution in [-0.4, -0.2) is 23.4 Å². The van der Waals surface area contributed by atoms with Crippen LogP contribution >= 0.6 is 11.8 Å². The molecule has 3 heteroatoms. The molecule has 1 aromatic rings. The van der Waals surface area contributed by atoms with Crippen LogP contribution in [-0.2, 0) is 6.54 Å². The molecule has 0 aliphatic carbocycles. The highest BCUT2D eigenvalue weighted by molar-refractivity contribution is 7.99.